The first-order valence-electron chi connectivity index (χ1n) is 6.47. The van der Waals surface area contributed by atoms with Crippen molar-refractivity contribution in [3.63, 3.8) is 0 Å². The molecule has 0 unspecified atom stereocenters. The molecule has 0 aliphatic heterocycles. The van der Waals surface area contributed by atoms with Gasteiger partial charge in [0.1, 0.15) is 5.75 Å². The van der Waals surface area contributed by atoms with Gasteiger partial charge in [-0.1, -0.05) is 50.2 Å². The van der Waals surface area contributed by atoms with E-state index >= 15 is 0 Å². The molecule has 1 N–H and O–H groups in total. The topological polar surface area (TPSA) is 37.3 Å². The molecule has 0 amide bonds. The third kappa shape index (κ3) is 3.44. The van der Waals surface area contributed by atoms with Gasteiger partial charge in [0.05, 0.1) is 0 Å². The molecule has 0 bridgehead atoms. The van der Waals surface area contributed by atoms with Gasteiger partial charge in [-0.2, -0.15) is 0 Å². The lowest BCUT2D eigenvalue weighted by Gasteiger charge is -2.06. The van der Waals surface area contributed by atoms with Crippen molar-refractivity contribution >= 4 is 5.78 Å². The summed E-state index contributed by atoms with van der Waals surface area (Å²) in [5.41, 5.74) is 2.88. The largest absolute Gasteiger partial charge is 0.508 e. The molecule has 0 saturated carbocycles. The number of carbonyl (C=O) groups is 1. The standard InChI is InChI=1S/C17H18O2/c1-12(2)14-5-7-15(8-6-14)17(19)11-13-3-9-16(18)10-4-13/h3-10,12,18H,11H2,1-2H3. The summed E-state index contributed by atoms with van der Waals surface area (Å²) in [6, 6.07) is 14.5. The third-order valence-electron chi connectivity index (χ3n) is 3.20. The first-order chi connectivity index (χ1) is 9.06. The van der Waals surface area contributed by atoms with Crippen molar-refractivity contribution in [3.05, 3.63) is 65.2 Å². The van der Waals surface area contributed by atoms with Crippen LogP contribution in [0.15, 0.2) is 48.5 Å². The van der Waals surface area contributed by atoms with Crippen LogP contribution in [0.2, 0.25) is 0 Å². The number of benzene rings is 2. The van der Waals surface area contributed by atoms with Crippen LogP contribution in [0, 0.1) is 0 Å². The van der Waals surface area contributed by atoms with Gasteiger partial charge < -0.3 is 5.11 Å². The summed E-state index contributed by atoms with van der Waals surface area (Å²) in [6.07, 6.45) is 0.362. The lowest BCUT2D eigenvalue weighted by Crippen LogP contribution is -2.03. The minimum Gasteiger partial charge on any atom is -0.508 e. The van der Waals surface area contributed by atoms with Crippen LogP contribution in [-0.4, -0.2) is 10.9 Å². The van der Waals surface area contributed by atoms with Crippen molar-refractivity contribution in [2.45, 2.75) is 26.2 Å². The van der Waals surface area contributed by atoms with Crippen LogP contribution >= 0.6 is 0 Å². The Morgan fingerprint density at radius 3 is 2.11 bits per heavy atom. The summed E-state index contributed by atoms with van der Waals surface area (Å²) in [4.78, 5) is 12.1. The van der Waals surface area contributed by atoms with Gasteiger partial charge in [-0.05, 0) is 29.2 Å². The summed E-state index contributed by atoms with van der Waals surface area (Å²) in [6.45, 7) is 4.26. The van der Waals surface area contributed by atoms with E-state index < -0.39 is 0 Å². The van der Waals surface area contributed by atoms with Crippen LogP contribution in [0.1, 0.15) is 41.3 Å². The fraction of sp³-hybridized carbons (Fsp3) is 0.235. The lowest BCUT2D eigenvalue weighted by molar-refractivity contribution is 0.0993. The van der Waals surface area contributed by atoms with Crippen molar-refractivity contribution < 1.29 is 9.90 Å². The van der Waals surface area contributed by atoms with E-state index in [1.165, 1.54) is 5.56 Å². The van der Waals surface area contributed by atoms with E-state index in [9.17, 15) is 9.90 Å². The van der Waals surface area contributed by atoms with E-state index in [0.717, 1.165) is 11.1 Å². The van der Waals surface area contributed by atoms with Gasteiger partial charge in [-0.25, -0.2) is 0 Å². The molecule has 0 radical (unpaired) electrons. The molecular weight excluding hydrogens is 236 g/mol. The Bertz CT molecular complexity index is 551. The number of phenolic OH excluding ortho intramolecular Hbond substituents is 1. The van der Waals surface area contributed by atoms with Crippen LogP contribution in [0.25, 0.3) is 0 Å². The van der Waals surface area contributed by atoms with Crippen LogP contribution < -0.4 is 0 Å². The predicted octanol–water partition coefficient (Wildman–Crippen LogP) is 3.94. The van der Waals surface area contributed by atoms with Gasteiger partial charge in [0.2, 0.25) is 0 Å². The van der Waals surface area contributed by atoms with Gasteiger partial charge in [0.15, 0.2) is 5.78 Å². The molecule has 0 fully saturated rings. The van der Waals surface area contributed by atoms with Crippen LogP contribution in [0.5, 0.6) is 5.75 Å². The van der Waals surface area contributed by atoms with Crippen LogP contribution in [0.3, 0.4) is 0 Å². The maximum atomic E-state index is 12.1. The van der Waals surface area contributed by atoms with Crippen molar-refractivity contribution in [1.29, 1.82) is 0 Å². The summed E-state index contributed by atoms with van der Waals surface area (Å²) in [5.74, 6) is 0.791. The smallest absolute Gasteiger partial charge is 0.167 e. The first kappa shape index (κ1) is 13.3. The summed E-state index contributed by atoms with van der Waals surface area (Å²) in [5, 5.41) is 9.21. The molecule has 98 valence electrons. The molecule has 2 aromatic carbocycles. The van der Waals surface area contributed by atoms with Crippen molar-refractivity contribution in [3.8, 4) is 5.75 Å². The number of hydrogen-bond acceptors (Lipinski definition) is 2. The molecule has 0 atom stereocenters. The molecule has 19 heavy (non-hydrogen) atoms. The average Bonchev–Trinajstić information content (AvgIpc) is 2.41. The van der Waals surface area contributed by atoms with Crippen molar-refractivity contribution in [2.24, 2.45) is 0 Å². The Morgan fingerprint density at radius 1 is 1.00 bits per heavy atom. The molecule has 2 rings (SSSR count). The number of carbonyl (C=O) groups excluding carboxylic acids is 1. The van der Waals surface area contributed by atoms with E-state index in [2.05, 4.69) is 13.8 Å². The summed E-state index contributed by atoms with van der Waals surface area (Å²) in [7, 11) is 0. The quantitative estimate of drug-likeness (QED) is 0.839. The predicted molar refractivity (Wildman–Crippen MR) is 76.7 cm³/mol. The molecule has 0 saturated heterocycles. The molecular formula is C17H18O2. The van der Waals surface area contributed by atoms with Crippen molar-refractivity contribution in [1.82, 2.24) is 0 Å². The van der Waals surface area contributed by atoms with Gasteiger partial charge in [-0.15, -0.1) is 0 Å². The summed E-state index contributed by atoms with van der Waals surface area (Å²) < 4.78 is 0. The molecule has 2 nitrogen and oxygen atoms in total. The second-order valence-electron chi connectivity index (χ2n) is 5.04. The highest BCUT2D eigenvalue weighted by Crippen LogP contribution is 2.16. The zero-order valence-corrected chi connectivity index (χ0v) is 11.3. The SMILES string of the molecule is CC(C)c1ccc(C(=O)Cc2ccc(O)cc2)cc1. The monoisotopic (exact) mass is 254 g/mol. The Kier molecular flexibility index (Phi) is 4.00. The van der Waals surface area contributed by atoms with Gasteiger partial charge in [0, 0.05) is 12.0 Å². The van der Waals surface area contributed by atoms with Crippen LogP contribution in [0.4, 0.5) is 0 Å². The number of hydrogen-bond donors (Lipinski definition) is 1. The van der Waals surface area contributed by atoms with Crippen LogP contribution in [-0.2, 0) is 6.42 Å². The normalized spacial score (nSPS) is 10.7. The highest BCUT2D eigenvalue weighted by atomic mass is 16.3. The average molecular weight is 254 g/mol. The number of phenols is 1. The number of ketones is 1. The molecule has 0 aliphatic carbocycles. The molecule has 0 aromatic heterocycles. The fourth-order valence-corrected chi connectivity index (χ4v) is 1.96. The Balaban J connectivity index is 2.09. The van der Waals surface area contributed by atoms with Gasteiger partial charge in [-0.3, -0.25) is 4.79 Å². The first-order valence-corrected chi connectivity index (χ1v) is 6.47. The highest BCUT2D eigenvalue weighted by molar-refractivity contribution is 5.97. The second-order valence-corrected chi connectivity index (χ2v) is 5.04. The molecule has 2 heteroatoms. The maximum absolute atomic E-state index is 12.1. The van der Waals surface area contributed by atoms with Gasteiger partial charge >= 0.3 is 0 Å². The Labute approximate surface area is 113 Å². The second kappa shape index (κ2) is 5.70. The minimum atomic E-state index is 0.0981. The Hall–Kier alpha value is -2.09. The van der Waals surface area contributed by atoms with E-state index in [1.54, 1.807) is 24.3 Å². The van der Waals surface area contributed by atoms with Gasteiger partial charge in [0.25, 0.3) is 0 Å². The zero-order chi connectivity index (χ0) is 13.8. The number of rotatable bonds is 4. The minimum absolute atomic E-state index is 0.0981. The highest BCUT2D eigenvalue weighted by Gasteiger charge is 2.08. The molecule has 2 aromatic rings. The van der Waals surface area contributed by atoms with E-state index in [4.69, 9.17) is 0 Å². The van der Waals surface area contributed by atoms with E-state index in [-0.39, 0.29) is 11.5 Å². The van der Waals surface area contributed by atoms with Crippen molar-refractivity contribution in [2.75, 3.05) is 0 Å². The fourth-order valence-electron chi connectivity index (χ4n) is 1.96. The lowest BCUT2D eigenvalue weighted by atomic mass is 9.98. The molecule has 0 spiro atoms. The van der Waals surface area contributed by atoms with E-state index in [0.29, 0.717) is 12.3 Å². The summed E-state index contributed by atoms with van der Waals surface area (Å²) >= 11 is 0. The van der Waals surface area contributed by atoms with E-state index in [1.807, 2.05) is 24.3 Å². The third-order valence-corrected chi connectivity index (χ3v) is 3.20. The molecule has 0 heterocycles. The zero-order valence-electron chi connectivity index (χ0n) is 11.3. The molecule has 0 aliphatic rings. The number of Topliss-reactive ketones (excluding diaryl/α,β-unsaturated/α-hetero) is 1. The number of aromatic hydroxyl groups is 1. The maximum Gasteiger partial charge on any atom is 0.167 e. The Morgan fingerprint density at radius 2 is 1.58 bits per heavy atom.